The second kappa shape index (κ2) is 9.22. The predicted octanol–water partition coefficient (Wildman–Crippen LogP) is 3.98. The third kappa shape index (κ3) is 5.05. The van der Waals surface area contributed by atoms with Crippen LogP contribution < -0.4 is 10.1 Å². The molecule has 0 radical (unpaired) electrons. The molecule has 31 heavy (non-hydrogen) atoms. The summed E-state index contributed by atoms with van der Waals surface area (Å²) in [6, 6.07) is 12.9. The van der Waals surface area contributed by atoms with Gasteiger partial charge in [-0.2, -0.15) is 0 Å². The van der Waals surface area contributed by atoms with Crippen LogP contribution in [0.15, 0.2) is 48.5 Å². The first kappa shape index (κ1) is 20.9. The summed E-state index contributed by atoms with van der Waals surface area (Å²) in [5, 5.41) is 11.5. The number of rotatable bonds is 6. The number of carbonyl (C=O) groups excluding carboxylic acids is 2. The minimum atomic E-state index is -0.465. The Morgan fingerprint density at radius 3 is 2.87 bits per heavy atom. The summed E-state index contributed by atoms with van der Waals surface area (Å²) < 4.78 is 19.0. The van der Waals surface area contributed by atoms with Crippen molar-refractivity contribution < 1.29 is 18.7 Å². The van der Waals surface area contributed by atoms with Gasteiger partial charge < -0.3 is 15.0 Å². The van der Waals surface area contributed by atoms with Crippen LogP contribution >= 0.6 is 11.3 Å². The van der Waals surface area contributed by atoms with Crippen LogP contribution in [0.2, 0.25) is 0 Å². The van der Waals surface area contributed by atoms with Crippen molar-refractivity contribution in [2.24, 2.45) is 0 Å². The molecule has 1 aliphatic rings. The highest BCUT2D eigenvalue weighted by atomic mass is 32.1. The van der Waals surface area contributed by atoms with Gasteiger partial charge in [-0.1, -0.05) is 29.5 Å². The first-order valence-electron chi connectivity index (χ1n) is 9.89. The van der Waals surface area contributed by atoms with Crippen LogP contribution in [0.25, 0.3) is 0 Å². The average Bonchev–Trinajstić information content (AvgIpc) is 3.41. The quantitative estimate of drug-likeness (QED) is 0.627. The molecule has 7 nitrogen and oxygen atoms in total. The summed E-state index contributed by atoms with van der Waals surface area (Å²) in [5.74, 6) is -0.391. The van der Waals surface area contributed by atoms with Gasteiger partial charge in [-0.25, -0.2) is 4.39 Å². The number of hydrogen-bond donors (Lipinski definition) is 1. The van der Waals surface area contributed by atoms with Crippen molar-refractivity contribution in [2.45, 2.75) is 25.8 Å². The lowest BCUT2D eigenvalue weighted by Gasteiger charge is -2.22. The molecule has 0 aliphatic carbocycles. The van der Waals surface area contributed by atoms with Crippen LogP contribution in [-0.4, -0.2) is 40.1 Å². The molecule has 1 atom stereocenters. The number of aryl methyl sites for hydroxylation is 1. The van der Waals surface area contributed by atoms with E-state index in [9.17, 15) is 14.0 Å². The zero-order valence-corrected chi connectivity index (χ0v) is 17.7. The van der Waals surface area contributed by atoms with Crippen LogP contribution in [0.5, 0.6) is 5.75 Å². The Hall–Kier alpha value is -3.33. The van der Waals surface area contributed by atoms with E-state index < -0.39 is 11.7 Å². The molecule has 0 bridgehead atoms. The molecule has 0 saturated carbocycles. The molecule has 2 amide bonds. The smallest absolute Gasteiger partial charge is 0.286 e. The fourth-order valence-electron chi connectivity index (χ4n) is 3.47. The number of benzene rings is 2. The lowest BCUT2D eigenvalue weighted by atomic mass is 10.2. The molecule has 1 N–H and O–H groups in total. The third-order valence-corrected chi connectivity index (χ3v) is 5.95. The topological polar surface area (TPSA) is 84.4 Å². The van der Waals surface area contributed by atoms with Gasteiger partial charge in [0.25, 0.3) is 11.8 Å². The van der Waals surface area contributed by atoms with Gasteiger partial charge in [0.1, 0.15) is 16.6 Å². The van der Waals surface area contributed by atoms with E-state index in [1.165, 1.54) is 18.2 Å². The molecule has 1 fully saturated rings. The summed E-state index contributed by atoms with van der Waals surface area (Å²) in [4.78, 5) is 26.9. The molecule has 0 spiro atoms. The minimum Gasteiger partial charge on any atom is -0.484 e. The number of aromatic nitrogens is 2. The summed E-state index contributed by atoms with van der Waals surface area (Å²) >= 11 is 1.14. The zero-order valence-electron chi connectivity index (χ0n) is 16.9. The molecule has 1 aliphatic heterocycles. The third-order valence-electron chi connectivity index (χ3n) is 4.93. The maximum absolute atomic E-state index is 13.3. The van der Waals surface area contributed by atoms with Crippen molar-refractivity contribution in [3.63, 3.8) is 0 Å². The molecule has 3 aromatic rings. The first-order chi connectivity index (χ1) is 15.0. The molecule has 1 saturated heterocycles. The van der Waals surface area contributed by atoms with Crippen LogP contribution in [0, 0.1) is 12.7 Å². The highest BCUT2D eigenvalue weighted by Gasteiger charge is 2.33. The average molecular weight is 441 g/mol. The molecular weight excluding hydrogens is 419 g/mol. The van der Waals surface area contributed by atoms with Crippen molar-refractivity contribution in [1.29, 1.82) is 0 Å². The molecule has 9 heteroatoms. The monoisotopic (exact) mass is 440 g/mol. The Morgan fingerprint density at radius 1 is 1.23 bits per heavy atom. The number of anilines is 1. The Kier molecular flexibility index (Phi) is 6.22. The van der Waals surface area contributed by atoms with E-state index in [0.717, 1.165) is 29.7 Å². The van der Waals surface area contributed by atoms with Crippen LogP contribution in [0.3, 0.4) is 0 Å². The van der Waals surface area contributed by atoms with Crippen molar-refractivity contribution in [3.8, 4) is 5.75 Å². The van der Waals surface area contributed by atoms with E-state index in [0.29, 0.717) is 23.0 Å². The lowest BCUT2D eigenvalue weighted by Crippen LogP contribution is -2.34. The van der Waals surface area contributed by atoms with E-state index in [-0.39, 0.29) is 23.6 Å². The van der Waals surface area contributed by atoms with Gasteiger partial charge in [0.15, 0.2) is 6.61 Å². The predicted molar refractivity (Wildman–Crippen MR) is 115 cm³/mol. The summed E-state index contributed by atoms with van der Waals surface area (Å²) in [7, 11) is 0. The number of nitrogens with one attached hydrogen (secondary N) is 1. The van der Waals surface area contributed by atoms with Crippen molar-refractivity contribution in [2.75, 3.05) is 18.5 Å². The standard InChI is InChI=1S/C22H21FN4O3S/c1-14-5-2-8-17(11-14)30-13-19(28)27-10-4-9-18(27)21-25-26-22(31-21)20(29)24-16-7-3-6-15(23)12-16/h2-3,5-8,11-12,18H,4,9-10,13H2,1H3,(H,24,29)/t18-/m0/s1. The van der Waals surface area contributed by atoms with Gasteiger partial charge in [-0.05, 0) is 55.7 Å². The Bertz CT molecular complexity index is 1100. The highest BCUT2D eigenvalue weighted by molar-refractivity contribution is 7.13. The Labute approximate surface area is 182 Å². The number of hydrogen-bond acceptors (Lipinski definition) is 6. The summed E-state index contributed by atoms with van der Waals surface area (Å²) in [5.41, 5.74) is 1.40. The highest BCUT2D eigenvalue weighted by Crippen LogP contribution is 2.34. The maximum Gasteiger partial charge on any atom is 0.286 e. The largest absolute Gasteiger partial charge is 0.484 e. The van der Waals surface area contributed by atoms with Gasteiger partial charge in [0, 0.05) is 12.2 Å². The van der Waals surface area contributed by atoms with E-state index in [4.69, 9.17) is 4.74 Å². The van der Waals surface area contributed by atoms with Crippen molar-refractivity contribution in [3.05, 3.63) is 69.9 Å². The van der Waals surface area contributed by atoms with Gasteiger partial charge in [-0.15, -0.1) is 10.2 Å². The van der Waals surface area contributed by atoms with Gasteiger partial charge in [0.05, 0.1) is 6.04 Å². The van der Waals surface area contributed by atoms with E-state index in [1.807, 2.05) is 31.2 Å². The summed E-state index contributed by atoms with van der Waals surface area (Å²) in [6.45, 7) is 2.50. The second-order valence-corrected chi connectivity index (χ2v) is 8.27. The normalized spacial score (nSPS) is 15.7. The van der Waals surface area contributed by atoms with E-state index >= 15 is 0 Å². The molecule has 2 heterocycles. The number of likely N-dealkylation sites (tertiary alicyclic amines) is 1. The number of halogens is 1. The summed E-state index contributed by atoms with van der Waals surface area (Å²) in [6.07, 6.45) is 1.58. The van der Waals surface area contributed by atoms with Crippen LogP contribution in [-0.2, 0) is 4.79 Å². The van der Waals surface area contributed by atoms with E-state index in [1.54, 1.807) is 11.0 Å². The van der Waals surface area contributed by atoms with E-state index in [2.05, 4.69) is 15.5 Å². The molecular formula is C22H21FN4O3S. The fraction of sp³-hybridized carbons (Fsp3) is 0.273. The molecule has 4 rings (SSSR count). The Morgan fingerprint density at radius 2 is 2.06 bits per heavy atom. The second-order valence-electron chi connectivity index (χ2n) is 7.26. The Balaban J connectivity index is 1.40. The van der Waals surface area contributed by atoms with Gasteiger partial charge in [-0.3, -0.25) is 9.59 Å². The van der Waals surface area contributed by atoms with Crippen molar-refractivity contribution in [1.82, 2.24) is 15.1 Å². The van der Waals surface area contributed by atoms with Crippen molar-refractivity contribution >= 4 is 28.8 Å². The SMILES string of the molecule is Cc1cccc(OCC(=O)N2CCC[C@H]2c2nnc(C(=O)Nc3cccc(F)c3)s2)c1. The first-order valence-corrected chi connectivity index (χ1v) is 10.7. The minimum absolute atomic E-state index is 0.0638. The zero-order chi connectivity index (χ0) is 21.8. The number of amides is 2. The number of nitrogens with zero attached hydrogens (tertiary/aromatic N) is 3. The maximum atomic E-state index is 13.3. The number of carbonyl (C=O) groups is 2. The van der Waals surface area contributed by atoms with Crippen LogP contribution in [0.4, 0.5) is 10.1 Å². The molecule has 2 aromatic carbocycles. The molecule has 0 unspecified atom stereocenters. The lowest BCUT2D eigenvalue weighted by molar-refractivity contribution is -0.134. The molecule has 1 aromatic heterocycles. The van der Waals surface area contributed by atoms with Crippen LogP contribution in [0.1, 0.15) is 39.3 Å². The fourth-order valence-corrected chi connectivity index (χ4v) is 4.35. The van der Waals surface area contributed by atoms with Gasteiger partial charge >= 0.3 is 0 Å². The number of ether oxygens (including phenoxy) is 1. The molecule has 160 valence electrons. The van der Waals surface area contributed by atoms with Gasteiger partial charge in [0.2, 0.25) is 5.01 Å².